The first kappa shape index (κ1) is 19.8. The molecule has 4 heteroatoms. The summed E-state index contributed by atoms with van der Waals surface area (Å²) in [5.41, 5.74) is 1.68. The summed E-state index contributed by atoms with van der Waals surface area (Å²) < 4.78 is 11.4. The third-order valence-corrected chi connectivity index (χ3v) is 5.94. The van der Waals surface area contributed by atoms with Gasteiger partial charge in [0.2, 0.25) is 0 Å². The largest absolute Gasteiger partial charge is 0.379 e. The number of nitrogens with one attached hydrogen (secondary N) is 1. The van der Waals surface area contributed by atoms with Crippen LogP contribution in [-0.2, 0) is 14.9 Å². The first-order valence-electron chi connectivity index (χ1n) is 10.3. The summed E-state index contributed by atoms with van der Waals surface area (Å²) in [6.45, 7) is 12.7. The molecule has 0 amide bonds. The Bertz CT molecular complexity index is 528. The van der Waals surface area contributed by atoms with E-state index in [1.165, 1.54) is 24.9 Å². The van der Waals surface area contributed by atoms with E-state index in [1.807, 2.05) is 0 Å². The number of benzene rings is 1. The Kier molecular flexibility index (Phi) is 7.10. The van der Waals surface area contributed by atoms with Gasteiger partial charge in [0.15, 0.2) is 0 Å². The minimum Gasteiger partial charge on any atom is -0.379 e. The van der Waals surface area contributed by atoms with Crippen molar-refractivity contribution in [3.05, 3.63) is 35.9 Å². The van der Waals surface area contributed by atoms with Crippen LogP contribution in [0.25, 0.3) is 0 Å². The van der Waals surface area contributed by atoms with E-state index < -0.39 is 0 Å². The molecule has 1 N–H and O–H groups in total. The number of ether oxygens (including phenoxy) is 2. The molecule has 2 heterocycles. The van der Waals surface area contributed by atoms with Gasteiger partial charge in [-0.3, -0.25) is 4.90 Å². The molecule has 1 aromatic carbocycles. The van der Waals surface area contributed by atoms with Crippen molar-refractivity contribution in [1.29, 1.82) is 0 Å². The maximum absolute atomic E-state index is 6.02. The number of morpholine rings is 1. The fourth-order valence-corrected chi connectivity index (χ4v) is 4.58. The van der Waals surface area contributed by atoms with Crippen molar-refractivity contribution < 1.29 is 9.47 Å². The fourth-order valence-electron chi connectivity index (χ4n) is 4.58. The van der Waals surface area contributed by atoms with E-state index in [-0.39, 0.29) is 11.0 Å². The van der Waals surface area contributed by atoms with Gasteiger partial charge in [-0.15, -0.1) is 0 Å². The minimum atomic E-state index is -0.0373. The normalized spacial score (nSPS) is 26.7. The topological polar surface area (TPSA) is 33.7 Å². The van der Waals surface area contributed by atoms with Crippen molar-refractivity contribution in [2.24, 2.45) is 0 Å². The zero-order valence-electron chi connectivity index (χ0n) is 16.6. The molecule has 2 aliphatic heterocycles. The van der Waals surface area contributed by atoms with Gasteiger partial charge in [-0.05, 0) is 64.7 Å². The van der Waals surface area contributed by atoms with Gasteiger partial charge in [0, 0.05) is 25.1 Å². The van der Waals surface area contributed by atoms with Gasteiger partial charge in [-0.25, -0.2) is 0 Å². The van der Waals surface area contributed by atoms with E-state index in [9.17, 15) is 0 Å². The molecular formula is C22H36N2O2. The van der Waals surface area contributed by atoms with Crippen LogP contribution in [0.5, 0.6) is 0 Å². The molecule has 1 aromatic rings. The Morgan fingerprint density at radius 1 is 1.04 bits per heavy atom. The smallest absolute Gasteiger partial charge is 0.0635 e. The van der Waals surface area contributed by atoms with E-state index in [4.69, 9.17) is 9.47 Å². The average molecular weight is 361 g/mol. The van der Waals surface area contributed by atoms with Crippen molar-refractivity contribution in [2.75, 3.05) is 52.5 Å². The maximum atomic E-state index is 6.02. The predicted molar refractivity (Wildman–Crippen MR) is 107 cm³/mol. The molecule has 1 atom stereocenters. The van der Waals surface area contributed by atoms with Crippen LogP contribution in [0, 0.1) is 0 Å². The zero-order chi connectivity index (χ0) is 18.3. The molecule has 26 heavy (non-hydrogen) atoms. The number of rotatable bonds is 8. The van der Waals surface area contributed by atoms with Crippen molar-refractivity contribution >= 4 is 0 Å². The number of hydrogen-bond donors (Lipinski definition) is 1. The van der Waals surface area contributed by atoms with Crippen LogP contribution in [-0.4, -0.2) is 63.0 Å². The Morgan fingerprint density at radius 2 is 1.81 bits per heavy atom. The first-order valence-corrected chi connectivity index (χ1v) is 10.3. The highest BCUT2D eigenvalue weighted by atomic mass is 16.5. The highest BCUT2D eigenvalue weighted by Crippen LogP contribution is 2.43. The molecule has 2 aliphatic rings. The monoisotopic (exact) mass is 360 g/mol. The van der Waals surface area contributed by atoms with Gasteiger partial charge in [0.25, 0.3) is 0 Å². The summed E-state index contributed by atoms with van der Waals surface area (Å²) >= 11 is 0. The highest BCUT2D eigenvalue weighted by molar-refractivity contribution is 5.27. The second-order valence-electron chi connectivity index (χ2n) is 8.49. The molecule has 146 valence electrons. The fraction of sp³-hybridized carbons (Fsp3) is 0.727. The van der Waals surface area contributed by atoms with Gasteiger partial charge in [-0.1, -0.05) is 30.3 Å². The van der Waals surface area contributed by atoms with E-state index >= 15 is 0 Å². The molecule has 3 rings (SSSR count). The van der Waals surface area contributed by atoms with Gasteiger partial charge >= 0.3 is 0 Å². The molecule has 0 radical (unpaired) electrons. The van der Waals surface area contributed by atoms with E-state index in [2.05, 4.69) is 54.4 Å². The van der Waals surface area contributed by atoms with Crippen LogP contribution in [0.15, 0.2) is 30.3 Å². The first-order chi connectivity index (χ1) is 12.6. The molecule has 0 spiro atoms. The highest BCUT2D eigenvalue weighted by Gasteiger charge is 2.41. The van der Waals surface area contributed by atoms with Crippen molar-refractivity contribution in [3.8, 4) is 0 Å². The quantitative estimate of drug-likeness (QED) is 0.722. The summed E-state index contributed by atoms with van der Waals surface area (Å²) in [6.07, 6.45) is 4.61. The lowest BCUT2D eigenvalue weighted by molar-refractivity contribution is -0.0839. The standard InChI is InChI=1S/C22H36N2O2/c1-21(2)19-22(10-16-26-21,20-7-4-3-5-8-20)9-12-23-11-6-13-24-14-17-25-18-15-24/h3-5,7-8,23H,6,9-19H2,1-2H3. The lowest BCUT2D eigenvalue weighted by atomic mass is 9.67. The Balaban J connectivity index is 1.47. The third kappa shape index (κ3) is 5.53. The number of hydrogen-bond acceptors (Lipinski definition) is 4. The van der Waals surface area contributed by atoms with E-state index in [0.29, 0.717) is 0 Å². The molecule has 0 saturated carbocycles. The second kappa shape index (κ2) is 9.32. The second-order valence-corrected chi connectivity index (χ2v) is 8.49. The van der Waals surface area contributed by atoms with E-state index in [1.54, 1.807) is 0 Å². The summed E-state index contributed by atoms with van der Waals surface area (Å²) in [4.78, 5) is 2.51. The van der Waals surface area contributed by atoms with Gasteiger partial charge in [0.1, 0.15) is 0 Å². The van der Waals surface area contributed by atoms with Crippen LogP contribution in [0.3, 0.4) is 0 Å². The summed E-state index contributed by atoms with van der Waals surface area (Å²) in [5, 5.41) is 3.70. The molecule has 1 unspecified atom stereocenters. The zero-order valence-corrected chi connectivity index (χ0v) is 16.6. The molecule has 0 bridgehead atoms. The molecule has 2 saturated heterocycles. The van der Waals surface area contributed by atoms with Crippen LogP contribution in [0.1, 0.15) is 45.1 Å². The lowest BCUT2D eigenvalue weighted by Crippen LogP contribution is -2.45. The van der Waals surface area contributed by atoms with Crippen LogP contribution in [0.4, 0.5) is 0 Å². The number of nitrogens with zero attached hydrogens (tertiary/aromatic N) is 1. The van der Waals surface area contributed by atoms with Gasteiger partial charge < -0.3 is 14.8 Å². The lowest BCUT2D eigenvalue weighted by Gasteiger charge is -2.45. The molecule has 0 aliphatic carbocycles. The van der Waals surface area contributed by atoms with Crippen molar-refractivity contribution in [2.45, 2.75) is 50.5 Å². The minimum absolute atomic E-state index is 0.0373. The SMILES string of the molecule is CC1(C)CC(CCNCCCN2CCOCC2)(c2ccccc2)CCO1. The molecule has 4 nitrogen and oxygen atoms in total. The maximum Gasteiger partial charge on any atom is 0.0635 e. The van der Waals surface area contributed by atoms with Gasteiger partial charge in [0.05, 0.1) is 18.8 Å². The van der Waals surface area contributed by atoms with Crippen molar-refractivity contribution in [1.82, 2.24) is 10.2 Å². The van der Waals surface area contributed by atoms with Crippen LogP contribution < -0.4 is 5.32 Å². The summed E-state index contributed by atoms with van der Waals surface area (Å²) in [6, 6.07) is 11.1. The summed E-state index contributed by atoms with van der Waals surface area (Å²) in [5.74, 6) is 0. The third-order valence-electron chi connectivity index (χ3n) is 5.94. The Morgan fingerprint density at radius 3 is 2.54 bits per heavy atom. The van der Waals surface area contributed by atoms with Gasteiger partial charge in [-0.2, -0.15) is 0 Å². The van der Waals surface area contributed by atoms with Crippen LogP contribution >= 0.6 is 0 Å². The predicted octanol–water partition coefficient (Wildman–Crippen LogP) is 3.22. The Hall–Kier alpha value is -0.940. The summed E-state index contributed by atoms with van der Waals surface area (Å²) in [7, 11) is 0. The van der Waals surface area contributed by atoms with E-state index in [0.717, 1.165) is 58.8 Å². The average Bonchev–Trinajstić information content (AvgIpc) is 2.65. The molecular weight excluding hydrogens is 324 g/mol. The Labute approximate surface area is 159 Å². The molecule has 2 fully saturated rings. The molecule has 0 aromatic heterocycles. The van der Waals surface area contributed by atoms with Crippen LogP contribution in [0.2, 0.25) is 0 Å². The van der Waals surface area contributed by atoms with Crippen molar-refractivity contribution in [3.63, 3.8) is 0 Å².